The molecule has 1 aliphatic heterocycles. The molecular formula is C16H20F2N2O. The number of rotatable bonds is 4. The lowest BCUT2D eigenvalue weighted by atomic mass is 10.00. The molecule has 1 fully saturated rings. The van der Waals surface area contributed by atoms with Crippen LogP contribution < -0.4 is 4.74 Å². The fourth-order valence-electron chi connectivity index (χ4n) is 3.15. The van der Waals surface area contributed by atoms with E-state index in [1.54, 1.807) is 18.2 Å². The van der Waals surface area contributed by atoms with Gasteiger partial charge in [0.05, 0.1) is 12.8 Å². The molecule has 21 heavy (non-hydrogen) atoms. The zero-order chi connectivity index (χ0) is 17.5. The maximum absolute atomic E-state index is 13.5. The van der Waals surface area contributed by atoms with E-state index in [1.807, 2.05) is 0 Å². The summed E-state index contributed by atoms with van der Waals surface area (Å²) in [5, 5.41) is 0.618. The van der Waals surface area contributed by atoms with Crippen LogP contribution in [0.1, 0.15) is 34.6 Å². The molecule has 0 radical (unpaired) electrons. The smallest absolute Gasteiger partial charge is 0.278 e. The Morgan fingerprint density at radius 2 is 2.38 bits per heavy atom. The van der Waals surface area contributed by atoms with E-state index in [4.69, 9.17) is 8.85 Å². The van der Waals surface area contributed by atoms with E-state index in [-0.39, 0.29) is 18.2 Å². The fraction of sp³-hybridized carbons (Fsp3) is 0.500. The summed E-state index contributed by atoms with van der Waals surface area (Å²) in [6.07, 6.45) is -0.951. The van der Waals surface area contributed by atoms with Gasteiger partial charge in [-0.2, -0.15) is 0 Å². The second-order valence-electron chi connectivity index (χ2n) is 5.39. The highest BCUT2D eigenvalue weighted by Crippen LogP contribution is 2.37. The Hall–Kier alpha value is -1.62. The maximum atomic E-state index is 13.5. The summed E-state index contributed by atoms with van der Waals surface area (Å²) in [5.41, 5.74) is 0.892. The lowest BCUT2D eigenvalue weighted by molar-refractivity contribution is 0.145. The van der Waals surface area contributed by atoms with E-state index in [0.29, 0.717) is 35.2 Å². The highest BCUT2D eigenvalue weighted by atomic mass is 19.3. The predicted molar refractivity (Wildman–Crippen MR) is 79.2 cm³/mol. The topological polar surface area (TPSA) is 28.3 Å². The number of H-pyrrole nitrogens is 1. The number of hydrogen-bond acceptors (Lipinski definition) is 2. The van der Waals surface area contributed by atoms with Gasteiger partial charge in [-0.25, -0.2) is 8.78 Å². The molecule has 0 spiro atoms. The van der Waals surface area contributed by atoms with Crippen molar-refractivity contribution in [3.63, 3.8) is 0 Å². The third-order valence-corrected chi connectivity index (χ3v) is 4.18. The Bertz CT molecular complexity index is 730. The largest absolute Gasteiger partial charge is 0.496 e. The zero-order valence-corrected chi connectivity index (χ0v) is 11.8. The van der Waals surface area contributed by atoms with E-state index >= 15 is 0 Å². The minimum absolute atomic E-state index is 0.146. The third kappa shape index (κ3) is 2.50. The predicted octanol–water partition coefficient (Wildman–Crippen LogP) is 3.75. The Labute approximate surface area is 127 Å². The van der Waals surface area contributed by atoms with Gasteiger partial charge in [-0.3, -0.25) is 0 Å². The van der Waals surface area contributed by atoms with Crippen molar-refractivity contribution in [3.8, 4) is 5.75 Å². The van der Waals surface area contributed by atoms with Crippen molar-refractivity contribution in [2.24, 2.45) is 0 Å². The summed E-state index contributed by atoms with van der Waals surface area (Å²) in [5.74, 6) is 0.518. The van der Waals surface area contributed by atoms with Crippen LogP contribution in [0.5, 0.6) is 5.75 Å². The van der Waals surface area contributed by atoms with Crippen LogP contribution in [0.2, 0.25) is 0 Å². The van der Waals surface area contributed by atoms with Gasteiger partial charge in [-0.1, -0.05) is 6.07 Å². The van der Waals surface area contributed by atoms with E-state index in [0.717, 1.165) is 6.42 Å². The van der Waals surface area contributed by atoms with E-state index in [2.05, 4.69) is 4.98 Å². The summed E-state index contributed by atoms with van der Waals surface area (Å²) in [6.45, 7) is -1.74. The number of likely N-dealkylation sites (N-methyl/N-ethyl adjacent to an activating group) is 1. The van der Waals surface area contributed by atoms with Crippen molar-refractivity contribution in [3.05, 3.63) is 29.5 Å². The van der Waals surface area contributed by atoms with Gasteiger partial charge in [0, 0.05) is 21.1 Å². The number of hydrogen-bond donors (Lipinski definition) is 1. The highest BCUT2D eigenvalue weighted by molar-refractivity contribution is 5.90. The number of halogens is 2. The molecule has 3 nitrogen and oxygen atoms in total. The van der Waals surface area contributed by atoms with E-state index in [1.165, 1.54) is 12.0 Å². The summed E-state index contributed by atoms with van der Waals surface area (Å²) >= 11 is 0. The van der Waals surface area contributed by atoms with Crippen molar-refractivity contribution < 1.29 is 17.6 Å². The van der Waals surface area contributed by atoms with E-state index in [9.17, 15) is 8.78 Å². The molecule has 0 amide bonds. The fourth-order valence-corrected chi connectivity index (χ4v) is 3.15. The van der Waals surface area contributed by atoms with Gasteiger partial charge in [0.15, 0.2) is 0 Å². The van der Waals surface area contributed by atoms with Crippen LogP contribution in [0.3, 0.4) is 0 Å². The van der Waals surface area contributed by atoms with Gasteiger partial charge >= 0.3 is 0 Å². The number of nitrogens with one attached hydrogen (secondary N) is 1. The molecule has 2 aromatic rings. The van der Waals surface area contributed by atoms with Gasteiger partial charge < -0.3 is 14.6 Å². The van der Waals surface area contributed by atoms with Crippen LogP contribution >= 0.6 is 0 Å². The van der Waals surface area contributed by atoms with Crippen LogP contribution in [-0.4, -0.2) is 36.6 Å². The third-order valence-electron chi connectivity index (χ3n) is 4.18. The maximum Gasteiger partial charge on any atom is 0.278 e. The SMILES string of the molecule is [2H]C([2H])([2H])N1CCC[C@@H]1Cc1c(C(F)F)[nH]c2cccc(OC)c12. The Morgan fingerprint density at radius 1 is 1.52 bits per heavy atom. The first-order valence-corrected chi connectivity index (χ1v) is 7.05. The number of alkyl halides is 2. The van der Waals surface area contributed by atoms with Crippen LogP contribution in [0.25, 0.3) is 10.9 Å². The molecule has 5 heteroatoms. The standard InChI is InChI=1S/C16H20F2N2O/c1-20-8-4-5-10(20)9-11-14-12(19-15(11)16(17)18)6-3-7-13(14)21-2/h3,6-7,10,16,19H,4-5,8-9H2,1-2H3/t10-/m1/s1/i1D3. The first-order chi connectivity index (χ1) is 11.3. The Kier molecular flexibility index (Phi) is 2.96. The number of methoxy groups -OCH3 is 1. The molecule has 1 aromatic heterocycles. The Balaban J connectivity index is 2.06. The number of ether oxygens (including phenoxy) is 1. The molecule has 0 bridgehead atoms. The second kappa shape index (κ2) is 5.64. The van der Waals surface area contributed by atoms with Crippen molar-refractivity contribution in [1.29, 1.82) is 0 Å². The molecule has 1 aliphatic rings. The number of fused-ring (bicyclic) bond motifs is 1. The zero-order valence-electron chi connectivity index (χ0n) is 14.8. The van der Waals surface area contributed by atoms with Crippen molar-refractivity contribution in [2.45, 2.75) is 31.7 Å². The minimum Gasteiger partial charge on any atom is -0.496 e. The molecule has 1 atom stereocenters. The normalized spacial score (nSPS) is 22.5. The molecule has 0 saturated carbocycles. The molecule has 0 aliphatic carbocycles. The van der Waals surface area contributed by atoms with Gasteiger partial charge in [0.2, 0.25) is 0 Å². The molecule has 2 heterocycles. The summed E-state index contributed by atoms with van der Waals surface area (Å²) in [6, 6.07) is 4.91. The van der Waals surface area contributed by atoms with E-state index < -0.39 is 13.4 Å². The lowest BCUT2D eigenvalue weighted by Crippen LogP contribution is -2.27. The number of likely N-dealkylation sites (tertiary alicyclic amines) is 1. The van der Waals surface area contributed by atoms with Crippen LogP contribution in [0, 0.1) is 0 Å². The quantitative estimate of drug-likeness (QED) is 0.931. The molecule has 3 rings (SSSR count). The molecule has 1 saturated heterocycles. The van der Waals surface area contributed by atoms with Gasteiger partial charge in [0.25, 0.3) is 6.43 Å². The first kappa shape index (κ1) is 11.0. The number of aromatic nitrogens is 1. The van der Waals surface area contributed by atoms with Crippen molar-refractivity contribution >= 4 is 10.9 Å². The average Bonchev–Trinajstić information content (AvgIpc) is 3.12. The van der Waals surface area contributed by atoms with Crippen LogP contribution in [0.15, 0.2) is 18.2 Å². The molecule has 1 N–H and O–H groups in total. The summed E-state index contributed by atoms with van der Waals surface area (Å²) in [4.78, 5) is 4.22. The summed E-state index contributed by atoms with van der Waals surface area (Å²) in [7, 11) is 1.50. The molecule has 1 aromatic carbocycles. The van der Waals surface area contributed by atoms with Gasteiger partial charge in [0.1, 0.15) is 5.75 Å². The van der Waals surface area contributed by atoms with Crippen LogP contribution in [0.4, 0.5) is 8.78 Å². The molecular weight excluding hydrogens is 274 g/mol. The lowest BCUT2D eigenvalue weighted by Gasteiger charge is -2.20. The molecule has 0 unspecified atom stereocenters. The van der Waals surface area contributed by atoms with Crippen molar-refractivity contribution in [1.82, 2.24) is 9.88 Å². The number of aromatic amines is 1. The second-order valence-corrected chi connectivity index (χ2v) is 5.39. The van der Waals surface area contributed by atoms with Gasteiger partial charge in [-0.15, -0.1) is 0 Å². The Morgan fingerprint density at radius 3 is 3.10 bits per heavy atom. The molecule has 114 valence electrons. The van der Waals surface area contributed by atoms with Gasteiger partial charge in [-0.05, 0) is 50.5 Å². The number of benzene rings is 1. The van der Waals surface area contributed by atoms with Crippen molar-refractivity contribution in [2.75, 3.05) is 20.6 Å². The minimum atomic E-state index is -2.65. The summed E-state index contributed by atoms with van der Waals surface area (Å²) < 4.78 is 55.3. The first-order valence-electron chi connectivity index (χ1n) is 8.55. The monoisotopic (exact) mass is 297 g/mol. The average molecular weight is 297 g/mol. The highest BCUT2D eigenvalue weighted by Gasteiger charge is 2.27. The number of nitrogens with zero attached hydrogens (tertiary/aromatic N) is 1. The van der Waals surface area contributed by atoms with Crippen LogP contribution in [-0.2, 0) is 6.42 Å².